The van der Waals surface area contributed by atoms with Crippen molar-refractivity contribution in [2.45, 2.75) is 25.1 Å². The number of carbonyl (C=O) groups is 1. The Balaban J connectivity index is 1.68. The molecule has 3 rings (SSSR count). The van der Waals surface area contributed by atoms with Gasteiger partial charge in [-0.05, 0) is 30.7 Å². The summed E-state index contributed by atoms with van der Waals surface area (Å²) in [6.45, 7) is 0.608. The van der Waals surface area contributed by atoms with Crippen LogP contribution in [0.15, 0.2) is 36.7 Å². The smallest absolute Gasteiger partial charge is 0.406 e. The van der Waals surface area contributed by atoms with E-state index in [2.05, 4.69) is 25.3 Å². The van der Waals surface area contributed by atoms with Crippen LogP contribution in [-0.4, -0.2) is 28.8 Å². The van der Waals surface area contributed by atoms with Gasteiger partial charge in [0.1, 0.15) is 17.9 Å². The van der Waals surface area contributed by atoms with Crippen molar-refractivity contribution in [2.75, 3.05) is 11.9 Å². The van der Waals surface area contributed by atoms with E-state index in [0.29, 0.717) is 24.5 Å². The zero-order valence-corrected chi connectivity index (χ0v) is 13.0. The number of aromatic nitrogens is 2. The molecule has 132 valence electrons. The second-order valence-electron chi connectivity index (χ2n) is 5.56. The molecule has 0 bridgehead atoms. The molecule has 1 aromatic heterocycles. The highest BCUT2D eigenvalue weighted by Crippen LogP contribution is 2.27. The highest BCUT2D eigenvalue weighted by atomic mass is 19.4. The summed E-state index contributed by atoms with van der Waals surface area (Å²) in [7, 11) is 0. The molecule has 1 fully saturated rings. The van der Waals surface area contributed by atoms with Gasteiger partial charge >= 0.3 is 6.36 Å². The summed E-state index contributed by atoms with van der Waals surface area (Å²) < 4.78 is 40.3. The van der Waals surface area contributed by atoms with E-state index >= 15 is 0 Å². The number of nitrogens with one attached hydrogen (secondary N) is 2. The van der Waals surface area contributed by atoms with Gasteiger partial charge in [0.05, 0.1) is 0 Å². The van der Waals surface area contributed by atoms with Crippen LogP contribution >= 0.6 is 0 Å². The maximum Gasteiger partial charge on any atom is 0.573 e. The van der Waals surface area contributed by atoms with Crippen LogP contribution in [0.1, 0.15) is 24.5 Å². The van der Waals surface area contributed by atoms with Crippen LogP contribution in [0.25, 0.3) is 0 Å². The molecule has 2 N–H and O–H groups in total. The summed E-state index contributed by atoms with van der Waals surface area (Å²) >= 11 is 0. The van der Waals surface area contributed by atoms with E-state index in [1.807, 2.05) is 0 Å². The Morgan fingerprint density at radius 3 is 2.64 bits per heavy atom. The van der Waals surface area contributed by atoms with Crippen molar-refractivity contribution in [2.24, 2.45) is 0 Å². The van der Waals surface area contributed by atoms with Crippen LogP contribution in [0.3, 0.4) is 0 Å². The van der Waals surface area contributed by atoms with Gasteiger partial charge in [0, 0.05) is 36.3 Å². The summed E-state index contributed by atoms with van der Waals surface area (Å²) in [5.74, 6) is 0.222. The molecule has 2 heterocycles. The largest absolute Gasteiger partial charge is 0.573 e. The molecule has 1 atom stereocenters. The number of ether oxygens (including phenoxy) is 1. The molecule has 1 aromatic carbocycles. The lowest BCUT2D eigenvalue weighted by Crippen LogP contribution is -2.32. The second-order valence-corrected chi connectivity index (χ2v) is 5.56. The van der Waals surface area contributed by atoms with E-state index in [4.69, 9.17) is 0 Å². The van der Waals surface area contributed by atoms with Crippen molar-refractivity contribution in [3.8, 4) is 5.75 Å². The standard InChI is InChI=1S/C16H15F3N4O2/c17-16(18,19)25-12-3-1-11(2-4-12)23-14-8-13(21-9-22-14)10-5-6-20-15(24)7-10/h1-4,8-10H,5-7H2,(H,20,24)(H,21,22,23). The third-order valence-corrected chi connectivity index (χ3v) is 3.71. The maximum absolute atomic E-state index is 12.2. The van der Waals surface area contributed by atoms with Crippen LogP contribution < -0.4 is 15.4 Å². The van der Waals surface area contributed by atoms with Crippen LogP contribution in [-0.2, 0) is 4.79 Å². The van der Waals surface area contributed by atoms with Gasteiger partial charge in [0.2, 0.25) is 5.91 Å². The Hall–Kier alpha value is -2.84. The lowest BCUT2D eigenvalue weighted by molar-refractivity contribution is -0.274. The van der Waals surface area contributed by atoms with Gasteiger partial charge in [0.25, 0.3) is 0 Å². The molecule has 6 nitrogen and oxygen atoms in total. The molecule has 0 aliphatic carbocycles. The maximum atomic E-state index is 12.2. The topological polar surface area (TPSA) is 76.1 Å². The van der Waals surface area contributed by atoms with E-state index in [1.54, 1.807) is 6.07 Å². The number of nitrogens with zero attached hydrogens (tertiary/aromatic N) is 2. The minimum absolute atomic E-state index is 0.00961. The van der Waals surface area contributed by atoms with Crippen molar-refractivity contribution in [3.63, 3.8) is 0 Å². The van der Waals surface area contributed by atoms with Gasteiger partial charge < -0.3 is 15.4 Å². The van der Waals surface area contributed by atoms with Crippen LogP contribution in [0.4, 0.5) is 24.7 Å². The Labute approximate surface area is 141 Å². The lowest BCUT2D eigenvalue weighted by atomic mass is 9.94. The number of hydrogen-bond donors (Lipinski definition) is 2. The molecule has 1 aliphatic heterocycles. The minimum Gasteiger partial charge on any atom is -0.406 e. The number of halogens is 3. The second kappa shape index (κ2) is 6.96. The number of amides is 1. The van der Waals surface area contributed by atoms with Crippen LogP contribution in [0.2, 0.25) is 0 Å². The molecule has 2 aromatic rings. The number of hydrogen-bond acceptors (Lipinski definition) is 5. The fraction of sp³-hybridized carbons (Fsp3) is 0.312. The molecule has 1 unspecified atom stereocenters. The molecule has 1 aliphatic rings. The van der Waals surface area contributed by atoms with Crippen molar-refractivity contribution in [3.05, 3.63) is 42.4 Å². The lowest BCUT2D eigenvalue weighted by Gasteiger charge is -2.21. The van der Waals surface area contributed by atoms with E-state index in [1.165, 1.54) is 30.6 Å². The van der Waals surface area contributed by atoms with Gasteiger partial charge in [0.15, 0.2) is 0 Å². The fourth-order valence-electron chi connectivity index (χ4n) is 2.59. The van der Waals surface area contributed by atoms with E-state index in [-0.39, 0.29) is 17.6 Å². The van der Waals surface area contributed by atoms with Crippen molar-refractivity contribution >= 4 is 17.4 Å². The Morgan fingerprint density at radius 1 is 1.20 bits per heavy atom. The highest BCUT2D eigenvalue weighted by Gasteiger charge is 2.31. The summed E-state index contributed by atoms with van der Waals surface area (Å²) in [4.78, 5) is 19.8. The number of rotatable bonds is 4. The highest BCUT2D eigenvalue weighted by molar-refractivity contribution is 5.77. The Morgan fingerprint density at radius 2 is 1.96 bits per heavy atom. The van der Waals surface area contributed by atoms with Crippen LogP contribution in [0, 0.1) is 0 Å². The van der Waals surface area contributed by atoms with Crippen molar-refractivity contribution < 1.29 is 22.7 Å². The molecular weight excluding hydrogens is 337 g/mol. The SMILES string of the molecule is O=C1CC(c2cc(Nc3ccc(OC(F)(F)F)cc3)ncn2)CCN1. The van der Waals surface area contributed by atoms with E-state index in [9.17, 15) is 18.0 Å². The molecule has 0 radical (unpaired) electrons. The van der Waals surface area contributed by atoms with E-state index in [0.717, 1.165) is 12.1 Å². The fourth-order valence-corrected chi connectivity index (χ4v) is 2.59. The molecule has 1 saturated heterocycles. The predicted molar refractivity (Wildman–Crippen MR) is 83.4 cm³/mol. The third kappa shape index (κ3) is 4.82. The number of piperidine rings is 1. The zero-order chi connectivity index (χ0) is 17.9. The first-order valence-corrected chi connectivity index (χ1v) is 7.60. The van der Waals surface area contributed by atoms with Gasteiger partial charge in [-0.15, -0.1) is 13.2 Å². The average molecular weight is 352 g/mol. The van der Waals surface area contributed by atoms with E-state index < -0.39 is 6.36 Å². The van der Waals surface area contributed by atoms with Gasteiger partial charge in [-0.2, -0.15) is 0 Å². The number of alkyl halides is 3. The number of anilines is 2. The number of benzene rings is 1. The summed E-state index contributed by atoms with van der Waals surface area (Å²) in [6.07, 6.45) is -2.15. The first-order valence-electron chi connectivity index (χ1n) is 7.60. The molecule has 9 heteroatoms. The predicted octanol–water partition coefficient (Wildman–Crippen LogP) is 3.11. The first kappa shape index (κ1) is 17.0. The molecule has 1 amide bonds. The quantitative estimate of drug-likeness (QED) is 0.884. The Bertz CT molecular complexity index is 750. The normalized spacial score (nSPS) is 17.7. The summed E-state index contributed by atoms with van der Waals surface area (Å²) in [5.41, 5.74) is 1.31. The summed E-state index contributed by atoms with van der Waals surface area (Å²) in [6, 6.07) is 7.07. The van der Waals surface area contributed by atoms with Crippen LogP contribution in [0.5, 0.6) is 5.75 Å². The van der Waals surface area contributed by atoms with Crippen molar-refractivity contribution in [1.29, 1.82) is 0 Å². The molecule has 0 saturated carbocycles. The first-order chi connectivity index (χ1) is 11.9. The van der Waals surface area contributed by atoms with Gasteiger partial charge in [-0.1, -0.05) is 0 Å². The average Bonchev–Trinajstić information content (AvgIpc) is 2.56. The summed E-state index contributed by atoms with van der Waals surface area (Å²) in [5, 5.41) is 5.76. The van der Waals surface area contributed by atoms with Crippen molar-refractivity contribution in [1.82, 2.24) is 15.3 Å². The van der Waals surface area contributed by atoms with Gasteiger partial charge in [-0.3, -0.25) is 4.79 Å². The number of carbonyl (C=O) groups excluding carboxylic acids is 1. The molecular formula is C16H15F3N4O2. The Kier molecular flexibility index (Phi) is 4.73. The molecule has 0 spiro atoms. The zero-order valence-electron chi connectivity index (χ0n) is 13.0. The minimum atomic E-state index is -4.72. The van der Waals surface area contributed by atoms with Gasteiger partial charge in [-0.25, -0.2) is 9.97 Å². The third-order valence-electron chi connectivity index (χ3n) is 3.71. The monoisotopic (exact) mass is 352 g/mol. The molecule has 25 heavy (non-hydrogen) atoms.